The minimum absolute atomic E-state index is 0.00424. The zero-order chi connectivity index (χ0) is 17.2. The summed E-state index contributed by atoms with van der Waals surface area (Å²) in [7, 11) is 0. The van der Waals surface area contributed by atoms with Gasteiger partial charge in [-0.2, -0.15) is 13.2 Å². The second-order valence-corrected chi connectivity index (χ2v) is 5.05. The molecule has 8 heteroatoms. The molecule has 1 atom stereocenters. The van der Waals surface area contributed by atoms with Crippen LogP contribution >= 0.6 is 11.6 Å². The molecule has 1 aromatic carbocycles. The molecule has 0 spiro atoms. The monoisotopic (exact) mass is 346 g/mol. The number of carboxylic acids is 1. The number of fused-ring (bicyclic) bond motifs is 1. The van der Waals surface area contributed by atoms with Gasteiger partial charge in [-0.25, -0.2) is 4.79 Å². The predicted octanol–water partition coefficient (Wildman–Crippen LogP) is 2.67. The summed E-state index contributed by atoms with van der Waals surface area (Å²) < 4.78 is 44.1. The molecule has 0 bridgehead atoms. The Bertz CT molecular complexity index is 729. The molecular weight excluding hydrogens is 337 g/mol. The van der Waals surface area contributed by atoms with Crippen molar-refractivity contribution in [2.75, 3.05) is 6.61 Å². The van der Waals surface area contributed by atoms with Crippen LogP contribution in [0.5, 0.6) is 5.75 Å². The first-order valence-corrected chi connectivity index (χ1v) is 6.69. The van der Waals surface area contributed by atoms with Crippen LogP contribution in [0.4, 0.5) is 13.2 Å². The molecular formula is C15H10ClF3O4. The Balaban J connectivity index is 2.56. The molecule has 2 N–H and O–H groups in total. The topological polar surface area (TPSA) is 66.8 Å². The molecule has 23 heavy (non-hydrogen) atoms. The van der Waals surface area contributed by atoms with E-state index in [0.717, 1.165) is 6.08 Å². The van der Waals surface area contributed by atoms with Crippen LogP contribution in [0.2, 0.25) is 5.02 Å². The van der Waals surface area contributed by atoms with Gasteiger partial charge in [-0.1, -0.05) is 23.4 Å². The van der Waals surface area contributed by atoms with Gasteiger partial charge in [0.1, 0.15) is 12.4 Å². The SMILES string of the molecule is O=C(O)C1=Cc2cc(Cl)cc(CC#CCO)c2OC1C(F)(F)F. The molecule has 0 saturated carbocycles. The molecule has 1 unspecified atom stereocenters. The number of benzene rings is 1. The van der Waals surface area contributed by atoms with E-state index >= 15 is 0 Å². The lowest BCUT2D eigenvalue weighted by atomic mass is 9.98. The van der Waals surface area contributed by atoms with E-state index in [1.165, 1.54) is 12.1 Å². The highest BCUT2D eigenvalue weighted by molar-refractivity contribution is 6.30. The number of halogens is 4. The first kappa shape index (κ1) is 17.2. The van der Waals surface area contributed by atoms with Crippen molar-refractivity contribution in [3.05, 3.63) is 33.9 Å². The van der Waals surface area contributed by atoms with Gasteiger partial charge in [0.05, 0.1) is 5.57 Å². The van der Waals surface area contributed by atoms with Crippen molar-refractivity contribution in [2.24, 2.45) is 0 Å². The molecule has 0 aromatic heterocycles. The maximum absolute atomic E-state index is 13.0. The molecule has 2 rings (SSSR count). The van der Waals surface area contributed by atoms with Gasteiger partial charge in [0.2, 0.25) is 6.10 Å². The molecule has 0 amide bonds. The van der Waals surface area contributed by atoms with Crippen LogP contribution in [0.3, 0.4) is 0 Å². The third-order valence-electron chi connectivity index (χ3n) is 3.02. The van der Waals surface area contributed by atoms with E-state index in [9.17, 15) is 18.0 Å². The van der Waals surface area contributed by atoms with E-state index in [1.54, 1.807) is 0 Å². The molecule has 0 saturated heterocycles. The van der Waals surface area contributed by atoms with Crippen LogP contribution in [0, 0.1) is 11.8 Å². The van der Waals surface area contributed by atoms with Gasteiger partial charge < -0.3 is 14.9 Å². The number of ether oxygens (including phenoxy) is 1. The van der Waals surface area contributed by atoms with E-state index in [4.69, 9.17) is 26.6 Å². The normalized spacial score (nSPS) is 16.6. The molecule has 122 valence electrons. The third-order valence-corrected chi connectivity index (χ3v) is 3.23. The highest BCUT2D eigenvalue weighted by Gasteiger charge is 2.48. The van der Waals surface area contributed by atoms with Gasteiger partial charge >= 0.3 is 12.1 Å². The number of hydrogen-bond acceptors (Lipinski definition) is 3. The second kappa shape index (κ2) is 6.52. The summed E-state index contributed by atoms with van der Waals surface area (Å²) in [6.07, 6.45) is -6.55. The quantitative estimate of drug-likeness (QED) is 0.808. The molecule has 0 radical (unpaired) electrons. The van der Waals surface area contributed by atoms with E-state index in [-0.39, 0.29) is 28.3 Å². The van der Waals surface area contributed by atoms with Gasteiger partial charge in [0, 0.05) is 22.6 Å². The minimum atomic E-state index is -4.88. The van der Waals surface area contributed by atoms with Crippen molar-refractivity contribution in [1.29, 1.82) is 0 Å². The minimum Gasteiger partial charge on any atom is -0.478 e. The van der Waals surface area contributed by atoms with E-state index in [1.807, 2.05) is 0 Å². The van der Waals surface area contributed by atoms with Gasteiger partial charge in [-0.3, -0.25) is 0 Å². The number of alkyl halides is 3. The molecule has 0 aliphatic carbocycles. The summed E-state index contributed by atoms with van der Waals surface area (Å²) in [5.74, 6) is 3.09. The molecule has 0 fully saturated rings. The predicted molar refractivity (Wildman–Crippen MR) is 76.1 cm³/mol. The van der Waals surface area contributed by atoms with E-state index in [0.29, 0.717) is 0 Å². The van der Waals surface area contributed by atoms with Crippen molar-refractivity contribution in [3.63, 3.8) is 0 Å². The summed E-state index contributed by atoms with van der Waals surface area (Å²) >= 11 is 5.90. The van der Waals surface area contributed by atoms with Crippen LogP contribution in [0.1, 0.15) is 11.1 Å². The standard InChI is InChI=1S/C15H10ClF3O4/c16-10-5-8(3-1-2-4-20)12-9(6-10)7-11(14(21)22)13(23-12)15(17,18)19/h5-7,13,20H,3-4H2,(H,21,22). The van der Waals surface area contributed by atoms with Crippen molar-refractivity contribution >= 4 is 23.6 Å². The highest BCUT2D eigenvalue weighted by atomic mass is 35.5. The number of aliphatic carboxylic acids is 1. The fourth-order valence-corrected chi connectivity index (χ4v) is 2.36. The smallest absolute Gasteiger partial charge is 0.430 e. The second-order valence-electron chi connectivity index (χ2n) is 4.62. The van der Waals surface area contributed by atoms with Crippen molar-refractivity contribution in [2.45, 2.75) is 18.7 Å². The van der Waals surface area contributed by atoms with Crippen LogP contribution in [0.15, 0.2) is 17.7 Å². The largest absolute Gasteiger partial charge is 0.478 e. The average Bonchev–Trinajstić information content (AvgIpc) is 2.44. The Kier molecular flexibility index (Phi) is 4.88. The third kappa shape index (κ3) is 3.78. The van der Waals surface area contributed by atoms with Crippen molar-refractivity contribution in [1.82, 2.24) is 0 Å². The summed E-state index contributed by atoms with van der Waals surface area (Å²) in [5.41, 5.74) is -0.501. The molecule has 1 aliphatic rings. The fraction of sp³-hybridized carbons (Fsp3) is 0.267. The molecule has 1 aromatic rings. The number of aliphatic hydroxyl groups is 1. The van der Waals surface area contributed by atoms with Gasteiger partial charge in [-0.15, -0.1) is 0 Å². The van der Waals surface area contributed by atoms with Gasteiger partial charge in [0.25, 0.3) is 0 Å². The van der Waals surface area contributed by atoms with Crippen LogP contribution in [-0.2, 0) is 11.2 Å². The fourth-order valence-electron chi connectivity index (χ4n) is 2.11. The Morgan fingerprint density at radius 2 is 2.04 bits per heavy atom. The summed E-state index contributed by atoms with van der Waals surface area (Å²) in [4.78, 5) is 11.1. The summed E-state index contributed by atoms with van der Waals surface area (Å²) in [6.45, 7) is -0.391. The average molecular weight is 347 g/mol. The Morgan fingerprint density at radius 1 is 1.35 bits per heavy atom. The Morgan fingerprint density at radius 3 is 2.61 bits per heavy atom. The number of carbonyl (C=O) groups is 1. The first-order valence-electron chi connectivity index (χ1n) is 6.31. The summed E-state index contributed by atoms with van der Waals surface area (Å²) in [6, 6.07) is 2.70. The number of hydrogen-bond donors (Lipinski definition) is 2. The van der Waals surface area contributed by atoms with Crippen LogP contribution < -0.4 is 4.74 Å². The maximum atomic E-state index is 13.0. The zero-order valence-corrected chi connectivity index (χ0v) is 12.2. The van der Waals surface area contributed by atoms with Crippen LogP contribution in [-0.4, -0.2) is 35.1 Å². The lowest BCUT2D eigenvalue weighted by molar-refractivity contribution is -0.187. The lowest BCUT2D eigenvalue weighted by Gasteiger charge is -2.28. The van der Waals surface area contributed by atoms with E-state index < -0.39 is 30.4 Å². The zero-order valence-electron chi connectivity index (χ0n) is 11.4. The Hall–Kier alpha value is -2.17. The number of rotatable bonds is 2. The molecule has 4 nitrogen and oxygen atoms in total. The van der Waals surface area contributed by atoms with Gasteiger partial charge in [0.15, 0.2) is 0 Å². The van der Waals surface area contributed by atoms with Crippen molar-refractivity contribution < 1.29 is 32.9 Å². The van der Waals surface area contributed by atoms with Gasteiger partial charge in [-0.05, 0) is 18.2 Å². The molecule has 1 aliphatic heterocycles. The number of carboxylic acid groups (broad SMARTS) is 1. The van der Waals surface area contributed by atoms with E-state index in [2.05, 4.69) is 11.8 Å². The Labute approximate surface area is 134 Å². The summed E-state index contributed by atoms with van der Waals surface area (Å²) in [5, 5.41) is 17.8. The first-order chi connectivity index (χ1) is 10.7. The van der Waals surface area contributed by atoms with Crippen molar-refractivity contribution in [3.8, 4) is 17.6 Å². The maximum Gasteiger partial charge on any atom is 0.430 e. The number of aliphatic hydroxyl groups excluding tert-OH is 1. The molecule has 1 heterocycles. The highest BCUT2D eigenvalue weighted by Crippen LogP contribution is 2.40. The lowest BCUT2D eigenvalue weighted by Crippen LogP contribution is -2.40. The van der Waals surface area contributed by atoms with Crippen LogP contribution in [0.25, 0.3) is 6.08 Å².